The van der Waals surface area contributed by atoms with Crippen LogP contribution in [-0.2, 0) is 23.6 Å². The summed E-state index contributed by atoms with van der Waals surface area (Å²) in [4.78, 5) is 18.3. The van der Waals surface area contributed by atoms with Gasteiger partial charge in [0.1, 0.15) is 0 Å². The Bertz CT molecular complexity index is 622. The van der Waals surface area contributed by atoms with Gasteiger partial charge in [-0.1, -0.05) is 33.8 Å². The zero-order valence-corrected chi connectivity index (χ0v) is 19.4. The molecule has 1 heterocycles. The van der Waals surface area contributed by atoms with Gasteiger partial charge in [0, 0.05) is 43.7 Å². The van der Waals surface area contributed by atoms with E-state index >= 15 is 0 Å². The van der Waals surface area contributed by atoms with Crippen LogP contribution in [0.25, 0.3) is 0 Å². The van der Waals surface area contributed by atoms with E-state index in [0.717, 1.165) is 45.2 Å². The van der Waals surface area contributed by atoms with E-state index in [2.05, 4.69) is 34.3 Å². The molecule has 166 valence electrons. The summed E-state index contributed by atoms with van der Waals surface area (Å²) in [6.45, 7) is 16.1. The average Bonchev–Trinajstić information content (AvgIpc) is 3.11. The van der Waals surface area contributed by atoms with Crippen LogP contribution in [0, 0.1) is 16.7 Å². The second-order valence-electron chi connectivity index (χ2n) is 9.55. The molecule has 3 unspecified atom stereocenters. The number of ether oxygens (including phenoxy) is 2. The van der Waals surface area contributed by atoms with E-state index in [9.17, 15) is 4.79 Å². The summed E-state index contributed by atoms with van der Waals surface area (Å²) in [5, 5.41) is 1.85. The van der Waals surface area contributed by atoms with Gasteiger partial charge < -0.3 is 9.47 Å². The first-order chi connectivity index (χ1) is 13.7. The summed E-state index contributed by atoms with van der Waals surface area (Å²) in [7, 11) is 0. The second-order valence-corrected chi connectivity index (χ2v) is 10.2. The summed E-state index contributed by atoms with van der Waals surface area (Å²) >= 11 is 1.30. The van der Waals surface area contributed by atoms with Crippen molar-refractivity contribution in [2.45, 2.75) is 84.5 Å². The van der Waals surface area contributed by atoms with Gasteiger partial charge in [0.15, 0.2) is 5.60 Å². The largest absolute Gasteiger partial charge is 0.430 e. The third-order valence-electron chi connectivity index (χ3n) is 7.47. The Morgan fingerprint density at radius 1 is 1.28 bits per heavy atom. The topological polar surface area (TPSA) is 57.2 Å². The highest BCUT2D eigenvalue weighted by molar-refractivity contribution is 7.94. The lowest BCUT2D eigenvalue weighted by Gasteiger charge is -2.46. The minimum absolute atomic E-state index is 0.0183. The van der Waals surface area contributed by atoms with Crippen molar-refractivity contribution in [2.75, 3.05) is 18.8 Å². The van der Waals surface area contributed by atoms with Gasteiger partial charge in [-0.2, -0.15) is 5.06 Å². The van der Waals surface area contributed by atoms with E-state index < -0.39 is 11.4 Å². The molecule has 0 N–H and O–H groups in total. The maximum absolute atomic E-state index is 12.8. The number of carbonyl (C=O) groups is 1. The summed E-state index contributed by atoms with van der Waals surface area (Å²) in [5.74, 6) is -0.0593. The quantitative estimate of drug-likeness (QED) is 0.114. The molecular formula is C22H37NO5S. The number of fused-ring (bicyclic) bond motifs is 3. The molecule has 2 saturated carbocycles. The van der Waals surface area contributed by atoms with Crippen molar-refractivity contribution in [3.63, 3.8) is 0 Å². The van der Waals surface area contributed by atoms with Crippen LogP contribution in [0.3, 0.4) is 0 Å². The van der Waals surface area contributed by atoms with Crippen molar-refractivity contribution in [1.82, 2.24) is 5.06 Å². The third-order valence-corrected chi connectivity index (χ3v) is 8.23. The Labute approximate surface area is 179 Å². The van der Waals surface area contributed by atoms with Crippen molar-refractivity contribution >= 4 is 18.0 Å². The lowest BCUT2D eigenvalue weighted by molar-refractivity contribution is -0.360. The van der Waals surface area contributed by atoms with E-state index in [4.69, 9.17) is 18.8 Å². The summed E-state index contributed by atoms with van der Waals surface area (Å²) in [6, 6.07) is 0. The average molecular weight is 428 g/mol. The third kappa shape index (κ3) is 3.67. The molecule has 4 atom stereocenters. The van der Waals surface area contributed by atoms with Gasteiger partial charge in [0.25, 0.3) is 0 Å². The number of hydroxylamine groups is 2. The van der Waals surface area contributed by atoms with Crippen molar-refractivity contribution < 1.29 is 23.6 Å². The molecule has 29 heavy (non-hydrogen) atoms. The molecular weight excluding hydrogens is 390 g/mol. The van der Waals surface area contributed by atoms with Crippen LogP contribution in [0.4, 0.5) is 0 Å². The van der Waals surface area contributed by atoms with Gasteiger partial charge in [-0.05, 0) is 43.9 Å². The van der Waals surface area contributed by atoms with Gasteiger partial charge in [-0.3, -0.25) is 0 Å². The molecule has 0 aromatic rings. The fourth-order valence-electron chi connectivity index (χ4n) is 5.66. The predicted octanol–water partition coefficient (Wildman–Crippen LogP) is 5.05. The summed E-state index contributed by atoms with van der Waals surface area (Å²) in [6.07, 6.45) is 7.00. The molecule has 0 aromatic heterocycles. The molecule has 6 nitrogen and oxygen atoms in total. The molecule has 3 rings (SSSR count). The lowest BCUT2D eigenvalue weighted by atomic mass is 9.68. The molecule has 1 aliphatic heterocycles. The fraction of sp³-hybridized carbons (Fsp3) is 0.864. The minimum Gasteiger partial charge on any atom is -0.430 e. The molecule has 2 aliphatic carbocycles. The normalized spacial score (nSPS) is 37.6. The highest BCUT2D eigenvalue weighted by Crippen LogP contribution is 2.73. The van der Waals surface area contributed by atoms with Crippen LogP contribution in [0.2, 0.25) is 0 Å². The molecule has 2 bridgehead atoms. The van der Waals surface area contributed by atoms with E-state index in [1.54, 1.807) is 6.08 Å². The Hall–Kier alpha value is -0.600. The van der Waals surface area contributed by atoms with Crippen LogP contribution in [0.1, 0.15) is 73.1 Å². The van der Waals surface area contributed by atoms with Crippen LogP contribution in [-0.4, -0.2) is 41.3 Å². The Morgan fingerprint density at radius 3 is 2.55 bits per heavy atom. The Morgan fingerprint density at radius 2 is 1.97 bits per heavy atom. The van der Waals surface area contributed by atoms with Crippen molar-refractivity contribution in [3.8, 4) is 0 Å². The lowest BCUT2D eigenvalue weighted by Crippen LogP contribution is -2.53. The van der Waals surface area contributed by atoms with E-state index in [1.165, 1.54) is 12.0 Å². The molecule has 3 fully saturated rings. The smallest absolute Gasteiger partial charge is 0.341 e. The van der Waals surface area contributed by atoms with Crippen LogP contribution >= 0.6 is 12.0 Å². The first-order valence-electron chi connectivity index (χ1n) is 11.0. The molecule has 0 radical (unpaired) electrons. The molecule has 0 aromatic carbocycles. The Kier molecular flexibility index (Phi) is 6.76. The maximum atomic E-state index is 12.8. The molecule has 3 aliphatic rings. The molecule has 7 heteroatoms. The standard InChI is InChI=1S/C22H37NO5S/c1-7-11-20(6)18(24)25-22(26-20)15-17-10-12-21(22,19(17,4)5)16-29-28-27-23(13-8-2)14-9-3/h7,17H,1,8-16H2,2-6H3/t17?,20-,21?,22?/m1/s1. The van der Waals surface area contributed by atoms with E-state index in [1.807, 2.05) is 12.0 Å². The van der Waals surface area contributed by atoms with Gasteiger partial charge in [-0.25, -0.2) is 4.79 Å². The molecule has 1 saturated heterocycles. The Balaban J connectivity index is 1.73. The molecule has 0 amide bonds. The van der Waals surface area contributed by atoms with Gasteiger partial charge in [-0.15, -0.1) is 15.9 Å². The number of rotatable bonds is 11. The van der Waals surface area contributed by atoms with E-state index in [-0.39, 0.29) is 16.8 Å². The zero-order valence-electron chi connectivity index (χ0n) is 18.6. The zero-order chi connectivity index (χ0) is 21.3. The number of esters is 1. The van der Waals surface area contributed by atoms with Gasteiger partial charge >= 0.3 is 5.97 Å². The SMILES string of the molecule is C=CC[C@@]1(C)OC2(CC3CCC2(CSOON(CCC)CCC)C3(C)C)OC1=O. The second kappa shape index (κ2) is 8.50. The van der Waals surface area contributed by atoms with Crippen LogP contribution in [0.15, 0.2) is 12.7 Å². The van der Waals surface area contributed by atoms with Gasteiger partial charge in [0.2, 0.25) is 5.79 Å². The van der Waals surface area contributed by atoms with Crippen molar-refractivity contribution in [3.05, 3.63) is 12.7 Å². The first-order valence-corrected chi connectivity index (χ1v) is 11.9. The maximum Gasteiger partial charge on any atom is 0.341 e. The van der Waals surface area contributed by atoms with E-state index in [0.29, 0.717) is 18.1 Å². The highest BCUT2D eigenvalue weighted by atomic mass is 32.2. The van der Waals surface area contributed by atoms with Crippen LogP contribution < -0.4 is 0 Å². The summed E-state index contributed by atoms with van der Waals surface area (Å²) in [5.41, 5.74) is -1.29. The predicted molar refractivity (Wildman–Crippen MR) is 113 cm³/mol. The highest BCUT2D eigenvalue weighted by Gasteiger charge is 2.78. The van der Waals surface area contributed by atoms with Crippen molar-refractivity contribution in [1.29, 1.82) is 0 Å². The number of carbonyl (C=O) groups excluding carboxylic acids is 1. The number of hydrogen-bond donors (Lipinski definition) is 0. The first kappa shape index (κ1) is 23.1. The van der Waals surface area contributed by atoms with Gasteiger partial charge in [0.05, 0.1) is 5.41 Å². The minimum atomic E-state index is -0.962. The monoisotopic (exact) mass is 427 g/mol. The summed E-state index contributed by atoms with van der Waals surface area (Å²) < 4.78 is 18.2. The number of hydrogen-bond acceptors (Lipinski definition) is 7. The number of nitrogens with zero attached hydrogens (tertiary/aromatic N) is 1. The fourth-order valence-corrected chi connectivity index (χ4v) is 6.77. The van der Waals surface area contributed by atoms with Crippen LogP contribution in [0.5, 0.6) is 0 Å². The van der Waals surface area contributed by atoms with Crippen molar-refractivity contribution in [2.24, 2.45) is 16.7 Å². The molecule has 1 spiro atoms.